The van der Waals surface area contributed by atoms with Crippen LogP contribution in [0.15, 0.2) is 48.5 Å². The molecule has 2 N–H and O–H groups in total. The number of carbonyl (C=O) groups excluding carboxylic acids is 2. The zero-order valence-electron chi connectivity index (χ0n) is 13.1. The van der Waals surface area contributed by atoms with Crippen molar-refractivity contribution < 1.29 is 19.8 Å². The van der Waals surface area contributed by atoms with Crippen LogP contribution in [0, 0.1) is 11.8 Å². The second-order valence-corrected chi connectivity index (χ2v) is 6.62. The van der Waals surface area contributed by atoms with Crippen molar-refractivity contribution in [2.24, 2.45) is 11.8 Å². The summed E-state index contributed by atoms with van der Waals surface area (Å²) in [5.41, 5.74) is 2.23. The predicted molar refractivity (Wildman–Crippen MR) is 87.7 cm³/mol. The lowest BCUT2D eigenvalue weighted by Crippen LogP contribution is -2.38. The topological polar surface area (TPSA) is 74.6 Å². The average molecular weight is 322 g/mol. The molecular formula is C20H18O4. The van der Waals surface area contributed by atoms with E-state index in [1.165, 1.54) is 0 Å². The van der Waals surface area contributed by atoms with Crippen LogP contribution in [0.3, 0.4) is 0 Å². The molecule has 0 spiro atoms. The number of hydrogen-bond acceptors (Lipinski definition) is 4. The van der Waals surface area contributed by atoms with Crippen molar-refractivity contribution in [3.8, 4) is 0 Å². The zero-order chi connectivity index (χ0) is 16.8. The molecule has 0 fully saturated rings. The van der Waals surface area contributed by atoms with E-state index in [4.69, 9.17) is 0 Å². The van der Waals surface area contributed by atoms with Gasteiger partial charge in [-0.1, -0.05) is 48.5 Å². The van der Waals surface area contributed by atoms with E-state index in [1.807, 2.05) is 0 Å². The summed E-state index contributed by atoms with van der Waals surface area (Å²) in [4.78, 5) is 25.8. The molecule has 4 heteroatoms. The van der Waals surface area contributed by atoms with E-state index in [9.17, 15) is 19.8 Å². The Balaban J connectivity index is 1.73. The number of Topliss-reactive ketones (excluding diaryl/α,β-unsaturated/α-hetero) is 2. The number of fused-ring (bicyclic) bond motifs is 2. The molecule has 24 heavy (non-hydrogen) atoms. The largest absolute Gasteiger partial charge is 0.388 e. The van der Waals surface area contributed by atoms with Crippen molar-refractivity contribution in [1.29, 1.82) is 0 Å². The van der Waals surface area contributed by atoms with Gasteiger partial charge in [0.05, 0.1) is 12.2 Å². The minimum atomic E-state index is -0.758. The summed E-state index contributed by atoms with van der Waals surface area (Å²) >= 11 is 0. The van der Waals surface area contributed by atoms with Crippen molar-refractivity contribution >= 4 is 11.6 Å². The van der Waals surface area contributed by atoms with E-state index in [2.05, 4.69) is 0 Å². The predicted octanol–water partition coefficient (Wildman–Crippen LogP) is 2.86. The fourth-order valence-corrected chi connectivity index (χ4v) is 4.07. The first-order valence-electron chi connectivity index (χ1n) is 8.20. The zero-order valence-corrected chi connectivity index (χ0v) is 13.1. The van der Waals surface area contributed by atoms with Crippen LogP contribution in [0.25, 0.3) is 0 Å². The third-order valence-corrected chi connectivity index (χ3v) is 5.28. The number of ketones is 2. The van der Waals surface area contributed by atoms with Gasteiger partial charge in [-0.05, 0) is 24.0 Å². The molecule has 0 aliphatic heterocycles. The van der Waals surface area contributed by atoms with Crippen LogP contribution in [-0.4, -0.2) is 21.8 Å². The Labute approximate surface area is 139 Å². The van der Waals surface area contributed by atoms with E-state index in [1.54, 1.807) is 48.5 Å². The number of hydrogen-bond donors (Lipinski definition) is 2. The van der Waals surface area contributed by atoms with Crippen LogP contribution < -0.4 is 0 Å². The van der Waals surface area contributed by atoms with Gasteiger partial charge >= 0.3 is 0 Å². The van der Waals surface area contributed by atoms with E-state index < -0.39 is 24.0 Å². The van der Waals surface area contributed by atoms with Gasteiger partial charge in [0.25, 0.3) is 0 Å². The molecule has 0 aromatic heterocycles. The summed E-state index contributed by atoms with van der Waals surface area (Å²) in [5.74, 6) is -1.41. The number of aliphatic hydroxyl groups excluding tert-OH is 2. The van der Waals surface area contributed by atoms with Crippen LogP contribution in [0.1, 0.15) is 56.9 Å². The Morgan fingerprint density at radius 3 is 1.46 bits per heavy atom. The van der Waals surface area contributed by atoms with Crippen LogP contribution >= 0.6 is 0 Å². The molecule has 2 aliphatic rings. The first-order chi connectivity index (χ1) is 11.6. The highest BCUT2D eigenvalue weighted by molar-refractivity contribution is 6.07. The number of carbonyl (C=O) groups is 2. The molecule has 122 valence electrons. The van der Waals surface area contributed by atoms with E-state index in [0.717, 1.165) is 0 Å². The summed E-state index contributed by atoms with van der Waals surface area (Å²) in [6, 6.07) is 14.0. The first kappa shape index (κ1) is 15.2. The molecular weight excluding hydrogens is 304 g/mol. The standard InChI is InChI=1S/C20H18O4/c21-17-9-15(19(23)13-7-3-1-5-11(13)17)16-10-18(22)12-6-2-4-8-14(12)20(16)24/h1-8,15-18,21-22H,9-10H2. The highest BCUT2D eigenvalue weighted by Gasteiger charge is 2.44. The molecule has 4 nitrogen and oxygen atoms in total. The SMILES string of the molecule is O=C1c2ccccc2C(O)CC1C1CC(O)c2ccccc2C1=O. The van der Waals surface area contributed by atoms with Gasteiger partial charge in [-0.2, -0.15) is 0 Å². The molecule has 0 heterocycles. The van der Waals surface area contributed by atoms with Gasteiger partial charge in [0.15, 0.2) is 11.6 Å². The van der Waals surface area contributed by atoms with Gasteiger partial charge in [-0.15, -0.1) is 0 Å². The summed E-state index contributed by atoms with van der Waals surface area (Å²) < 4.78 is 0. The normalized spacial score (nSPS) is 29.1. The highest BCUT2D eigenvalue weighted by Crippen LogP contribution is 2.43. The molecule has 2 aliphatic carbocycles. The monoisotopic (exact) mass is 322 g/mol. The lowest BCUT2D eigenvalue weighted by molar-refractivity contribution is 0.0477. The van der Waals surface area contributed by atoms with Gasteiger partial charge in [0.1, 0.15) is 0 Å². The van der Waals surface area contributed by atoms with Gasteiger partial charge in [0.2, 0.25) is 0 Å². The average Bonchev–Trinajstić information content (AvgIpc) is 2.61. The second-order valence-electron chi connectivity index (χ2n) is 6.62. The lowest BCUT2D eigenvalue weighted by atomic mass is 9.68. The van der Waals surface area contributed by atoms with Crippen molar-refractivity contribution in [3.05, 3.63) is 70.8 Å². The Kier molecular flexibility index (Phi) is 3.59. The minimum Gasteiger partial charge on any atom is -0.388 e. The number of rotatable bonds is 1. The number of benzene rings is 2. The third-order valence-electron chi connectivity index (χ3n) is 5.28. The van der Waals surface area contributed by atoms with Crippen LogP contribution in [0.4, 0.5) is 0 Å². The smallest absolute Gasteiger partial charge is 0.167 e. The van der Waals surface area contributed by atoms with Gasteiger partial charge in [-0.3, -0.25) is 9.59 Å². The molecule has 0 saturated carbocycles. The van der Waals surface area contributed by atoms with Crippen LogP contribution in [0.2, 0.25) is 0 Å². The van der Waals surface area contributed by atoms with E-state index in [-0.39, 0.29) is 24.4 Å². The highest BCUT2D eigenvalue weighted by atomic mass is 16.3. The van der Waals surface area contributed by atoms with Gasteiger partial charge < -0.3 is 10.2 Å². The molecule has 4 atom stereocenters. The molecule has 2 aromatic rings. The Hall–Kier alpha value is -2.30. The van der Waals surface area contributed by atoms with Crippen molar-refractivity contribution in [2.45, 2.75) is 25.0 Å². The Morgan fingerprint density at radius 2 is 1.04 bits per heavy atom. The molecule has 4 rings (SSSR count). The van der Waals surface area contributed by atoms with E-state index in [0.29, 0.717) is 22.3 Å². The van der Waals surface area contributed by atoms with Crippen molar-refractivity contribution in [2.75, 3.05) is 0 Å². The van der Waals surface area contributed by atoms with Crippen LogP contribution in [0.5, 0.6) is 0 Å². The summed E-state index contributed by atoms with van der Waals surface area (Å²) in [6.45, 7) is 0. The second kappa shape index (κ2) is 5.65. The maximum absolute atomic E-state index is 12.9. The van der Waals surface area contributed by atoms with Gasteiger partial charge in [-0.25, -0.2) is 0 Å². The molecule has 0 amide bonds. The number of aliphatic hydroxyl groups is 2. The molecule has 0 bridgehead atoms. The maximum Gasteiger partial charge on any atom is 0.167 e. The fourth-order valence-electron chi connectivity index (χ4n) is 4.07. The first-order valence-corrected chi connectivity index (χ1v) is 8.20. The van der Waals surface area contributed by atoms with E-state index >= 15 is 0 Å². The fraction of sp³-hybridized carbons (Fsp3) is 0.300. The Bertz CT molecular complexity index is 756. The molecule has 2 aromatic carbocycles. The van der Waals surface area contributed by atoms with Crippen molar-refractivity contribution in [3.63, 3.8) is 0 Å². The Morgan fingerprint density at radius 1 is 0.667 bits per heavy atom. The summed E-state index contributed by atoms with van der Waals surface area (Å²) in [7, 11) is 0. The molecule has 4 unspecified atom stereocenters. The molecule has 0 saturated heterocycles. The van der Waals surface area contributed by atoms with Crippen LogP contribution in [-0.2, 0) is 0 Å². The van der Waals surface area contributed by atoms with Gasteiger partial charge in [0, 0.05) is 23.0 Å². The van der Waals surface area contributed by atoms with Crippen molar-refractivity contribution in [1.82, 2.24) is 0 Å². The summed E-state index contributed by atoms with van der Waals surface area (Å²) in [6.07, 6.45) is -1.07. The third kappa shape index (κ3) is 2.22. The minimum absolute atomic E-state index is 0.110. The molecule has 0 radical (unpaired) electrons. The lowest BCUT2D eigenvalue weighted by Gasteiger charge is -2.36. The quantitative estimate of drug-likeness (QED) is 0.846. The maximum atomic E-state index is 12.9. The summed E-state index contributed by atoms with van der Waals surface area (Å²) in [5, 5.41) is 20.8.